The molecule has 0 heterocycles. The average Bonchev–Trinajstić information content (AvgIpc) is 2.56. The van der Waals surface area contributed by atoms with Gasteiger partial charge in [-0.1, -0.05) is 43.2 Å². The largest absolute Gasteiger partial charge is 0.461 e. The lowest BCUT2D eigenvalue weighted by atomic mass is 10.1. The number of rotatable bonds is 10. The van der Waals surface area contributed by atoms with Crippen molar-refractivity contribution in [1.82, 2.24) is 5.32 Å². The van der Waals surface area contributed by atoms with Crippen molar-refractivity contribution in [2.75, 3.05) is 7.05 Å². The second-order valence-corrected chi connectivity index (χ2v) is 5.06. The van der Waals surface area contributed by atoms with Crippen molar-refractivity contribution in [3.8, 4) is 0 Å². The molecule has 5 nitrogen and oxygen atoms in total. The van der Waals surface area contributed by atoms with Crippen molar-refractivity contribution in [3.05, 3.63) is 35.9 Å². The summed E-state index contributed by atoms with van der Waals surface area (Å²) in [6, 6.07) is 9.56. The zero-order chi connectivity index (χ0) is 16.2. The van der Waals surface area contributed by atoms with Gasteiger partial charge >= 0.3 is 5.97 Å². The number of unbranched alkanes of at least 4 members (excludes halogenated alkanes) is 3. The predicted octanol–water partition coefficient (Wildman–Crippen LogP) is 2.39. The van der Waals surface area contributed by atoms with E-state index in [9.17, 15) is 14.4 Å². The van der Waals surface area contributed by atoms with Crippen molar-refractivity contribution < 1.29 is 19.1 Å². The normalized spacial score (nSPS) is 10.0. The van der Waals surface area contributed by atoms with Gasteiger partial charge in [0.15, 0.2) is 0 Å². The zero-order valence-electron chi connectivity index (χ0n) is 13.0. The van der Waals surface area contributed by atoms with E-state index in [2.05, 4.69) is 5.32 Å². The minimum absolute atomic E-state index is 0.203. The van der Waals surface area contributed by atoms with E-state index < -0.39 is 5.91 Å². The quantitative estimate of drug-likeness (QED) is 0.409. The maximum absolute atomic E-state index is 11.6. The summed E-state index contributed by atoms with van der Waals surface area (Å²) in [5.74, 6) is -1.13. The number of likely N-dealkylation sites (N-methyl/N-ethyl adjacent to an activating group) is 1. The fraction of sp³-hybridized carbons (Fsp3) is 0.471. The van der Waals surface area contributed by atoms with Crippen LogP contribution in [0.25, 0.3) is 0 Å². The van der Waals surface area contributed by atoms with Crippen LogP contribution in [-0.4, -0.2) is 24.7 Å². The van der Waals surface area contributed by atoms with Crippen molar-refractivity contribution in [3.63, 3.8) is 0 Å². The van der Waals surface area contributed by atoms with Crippen molar-refractivity contribution >= 4 is 17.7 Å². The Morgan fingerprint density at radius 2 is 1.59 bits per heavy atom. The molecule has 120 valence electrons. The molecule has 22 heavy (non-hydrogen) atoms. The summed E-state index contributed by atoms with van der Waals surface area (Å²) < 4.78 is 5.17. The second-order valence-electron chi connectivity index (χ2n) is 5.06. The van der Waals surface area contributed by atoms with E-state index in [-0.39, 0.29) is 18.2 Å². The zero-order valence-corrected chi connectivity index (χ0v) is 13.0. The van der Waals surface area contributed by atoms with Gasteiger partial charge in [-0.3, -0.25) is 14.4 Å². The van der Waals surface area contributed by atoms with Gasteiger partial charge in [0, 0.05) is 19.9 Å². The van der Waals surface area contributed by atoms with Crippen LogP contribution in [0, 0.1) is 0 Å². The van der Waals surface area contributed by atoms with Crippen LogP contribution in [-0.2, 0) is 25.7 Å². The third-order valence-corrected chi connectivity index (χ3v) is 3.26. The predicted molar refractivity (Wildman–Crippen MR) is 83.0 cm³/mol. The van der Waals surface area contributed by atoms with Gasteiger partial charge < -0.3 is 10.1 Å². The number of carbonyl (C=O) groups excluding carboxylic acids is 3. The minimum atomic E-state index is -0.538. The van der Waals surface area contributed by atoms with Crippen LogP contribution >= 0.6 is 0 Å². The monoisotopic (exact) mass is 305 g/mol. The number of ether oxygens (including phenoxy) is 1. The lowest BCUT2D eigenvalue weighted by Crippen LogP contribution is -2.27. The van der Waals surface area contributed by atoms with E-state index in [0.29, 0.717) is 19.4 Å². The maximum atomic E-state index is 11.6. The van der Waals surface area contributed by atoms with Gasteiger partial charge in [-0.05, 0) is 18.4 Å². The SMILES string of the molecule is CNC(=O)C(=O)CCCCCCC(=O)OCc1ccccc1. The molecular formula is C17H23NO4. The van der Waals surface area contributed by atoms with Crippen LogP contribution in [0.1, 0.15) is 44.1 Å². The molecule has 0 fully saturated rings. The van der Waals surface area contributed by atoms with Crippen molar-refractivity contribution in [2.24, 2.45) is 0 Å². The molecule has 0 bridgehead atoms. The molecule has 1 aromatic rings. The Balaban J connectivity index is 2.01. The van der Waals surface area contributed by atoms with E-state index in [4.69, 9.17) is 4.74 Å². The van der Waals surface area contributed by atoms with Crippen LogP contribution < -0.4 is 5.32 Å². The summed E-state index contributed by atoms with van der Waals surface area (Å²) in [6.45, 7) is 0.306. The number of esters is 1. The maximum Gasteiger partial charge on any atom is 0.306 e. The molecule has 0 aliphatic heterocycles. The topological polar surface area (TPSA) is 72.5 Å². The van der Waals surface area contributed by atoms with Crippen molar-refractivity contribution in [1.29, 1.82) is 0 Å². The molecule has 0 radical (unpaired) electrons. The Morgan fingerprint density at radius 1 is 0.955 bits per heavy atom. The number of hydrogen-bond acceptors (Lipinski definition) is 4. The summed E-state index contributed by atoms with van der Waals surface area (Å²) in [5.41, 5.74) is 0.976. The number of ketones is 1. The fourth-order valence-electron chi connectivity index (χ4n) is 1.97. The number of carbonyl (C=O) groups is 3. The number of Topliss-reactive ketones (excluding diaryl/α,β-unsaturated/α-hetero) is 1. The Bertz CT molecular complexity index is 485. The van der Waals surface area contributed by atoms with E-state index in [1.807, 2.05) is 30.3 Å². The highest BCUT2D eigenvalue weighted by atomic mass is 16.5. The van der Waals surface area contributed by atoms with Gasteiger partial charge in [0.2, 0.25) is 5.78 Å². The lowest BCUT2D eigenvalue weighted by Gasteiger charge is -2.05. The second kappa shape index (κ2) is 10.5. The Kier molecular flexibility index (Phi) is 8.57. The highest BCUT2D eigenvalue weighted by Crippen LogP contribution is 2.08. The molecule has 0 unspecified atom stereocenters. The van der Waals surface area contributed by atoms with E-state index >= 15 is 0 Å². The van der Waals surface area contributed by atoms with E-state index in [1.165, 1.54) is 7.05 Å². The number of amides is 1. The van der Waals surface area contributed by atoms with Crippen LogP contribution in [0.5, 0.6) is 0 Å². The molecule has 0 spiro atoms. The molecule has 0 aliphatic rings. The molecule has 1 N–H and O–H groups in total. The number of benzene rings is 1. The van der Waals surface area contributed by atoms with Gasteiger partial charge in [0.05, 0.1) is 0 Å². The van der Waals surface area contributed by atoms with Crippen LogP contribution in [0.4, 0.5) is 0 Å². The standard InChI is InChI=1S/C17H23NO4/c1-18-17(21)15(19)11-7-2-3-8-12-16(20)22-13-14-9-5-4-6-10-14/h4-6,9-10H,2-3,7-8,11-13H2,1H3,(H,18,21). The number of nitrogens with one attached hydrogen (secondary N) is 1. The molecule has 5 heteroatoms. The highest BCUT2D eigenvalue weighted by Gasteiger charge is 2.10. The average molecular weight is 305 g/mol. The molecular weight excluding hydrogens is 282 g/mol. The Labute approximate surface area is 131 Å². The van der Waals surface area contributed by atoms with Gasteiger partial charge in [-0.2, -0.15) is 0 Å². The van der Waals surface area contributed by atoms with Crippen LogP contribution in [0.3, 0.4) is 0 Å². The van der Waals surface area contributed by atoms with Crippen molar-refractivity contribution in [2.45, 2.75) is 45.1 Å². The molecule has 0 saturated heterocycles. The molecule has 0 aromatic heterocycles. The van der Waals surface area contributed by atoms with Crippen LogP contribution in [0.15, 0.2) is 30.3 Å². The first kappa shape index (κ1) is 17.9. The molecule has 0 saturated carbocycles. The third kappa shape index (κ3) is 7.57. The summed E-state index contributed by atoms with van der Waals surface area (Å²) in [5, 5.41) is 2.31. The van der Waals surface area contributed by atoms with Gasteiger partial charge in [0.1, 0.15) is 6.61 Å². The molecule has 1 aromatic carbocycles. The number of hydrogen-bond donors (Lipinski definition) is 1. The minimum Gasteiger partial charge on any atom is -0.461 e. The summed E-state index contributed by atoms with van der Waals surface area (Å²) in [4.78, 5) is 33.8. The van der Waals surface area contributed by atoms with Gasteiger partial charge in [-0.15, -0.1) is 0 Å². The molecule has 1 amide bonds. The first-order chi connectivity index (χ1) is 10.6. The van der Waals surface area contributed by atoms with Crippen LogP contribution in [0.2, 0.25) is 0 Å². The highest BCUT2D eigenvalue weighted by molar-refractivity contribution is 6.36. The van der Waals surface area contributed by atoms with Gasteiger partial charge in [-0.25, -0.2) is 0 Å². The summed E-state index contributed by atoms with van der Waals surface area (Å²) >= 11 is 0. The molecule has 0 aliphatic carbocycles. The smallest absolute Gasteiger partial charge is 0.306 e. The Hall–Kier alpha value is -2.17. The summed E-state index contributed by atoms with van der Waals surface area (Å²) in [6.07, 6.45) is 3.73. The fourth-order valence-corrected chi connectivity index (χ4v) is 1.97. The first-order valence-corrected chi connectivity index (χ1v) is 7.58. The molecule has 0 atom stereocenters. The third-order valence-electron chi connectivity index (χ3n) is 3.26. The molecule has 1 rings (SSSR count). The Morgan fingerprint density at radius 3 is 2.23 bits per heavy atom. The van der Waals surface area contributed by atoms with Gasteiger partial charge in [0.25, 0.3) is 5.91 Å². The first-order valence-electron chi connectivity index (χ1n) is 7.58. The van der Waals surface area contributed by atoms with E-state index in [1.54, 1.807) is 0 Å². The van der Waals surface area contributed by atoms with E-state index in [0.717, 1.165) is 24.8 Å². The lowest BCUT2D eigenvalue weighted by molar-refractivity contribution is -0.145. The summed E-state index contributed by atoms with van der Waals surface area (Å²) in [7, 11) is 1.45.